The molecule has 0 aliphatic carbocycles. The number of hydrogen-bond donors (Lipinski definition) is 0. The van der Waals surface area contributed by atoms with Gasteiger partial charge in [-0.05, 0) is 44.0 Å². The molecule has 1 aromatic heterocycles. The first-order valence-corrected chi connectivity index (χ1v) is 13.1. The molecule has 2 heterocycles. The summed E-state index contributed by atoms with van der Waals surface area (Å²) < 4.78 is 19.5. The fourth-order valence-electron chi connectivity index (χ4n) is 4.17. The lowest BCUT2D eigenvalue weighted by Gasteiger charge is -2.25. The summed E-state index contributed by atoms with van der Waals surface area (Å²) >= 11 is 4.79. The van der Waals surface area contributed by atoms with Crippen LogP contribution in [0.15, 0.2) is 68.0 Å². The smallest absolute Gasteiger partial charge is 0.338 e. The summed E-state index contributed by atoms with van der Waals surface area (Å²) in [6.07, 6.45) is 2.21. The van der Waals surface area contributed by atoms with E-state index in [9.17, 15) is 9.59 Å². The van der Waals surface area contributed by atoms with Crippen LogP contribution in [-0.2, 0) is 9.53 Å². The second kappa shape index (κ2) is 10.8. The van der Waals surface area contributed by atoms with Gasteiger partial charge in [-0.1, -0.05) is 64.5 Å². The number of methoxy groups -OCH3 is 2. The Labute approximate surface area is 221 Å². The van der Waals surface area contributed by atoms with Gasteiger partial charge in [0.05, 0.1) is 42.2 Å². The van der Waals surface area contributed by atoms with Crippen molar-refractivity contribution in [3.63, 3.8) is 0 Å². The Morgan fingerprint density at radius 1 is 1.22 bits per heavy atom. The van der Waals surface area contributed by atoms with Crippen molar-refractivity contribution in [2.24, 2.45) is 4.99 Å². The van der Waals surface area contributed by atoms with Crippen molar-refractivity contribution < 1.29 is 19.0 Å². The van der Waals surface area contributed by atoms with E-state index in [4.69, 9.17) is 19.2 Å². The Balaban J connectivity index is 2.01. The van der Waals surface area contributed by atoms with Crippen molar-refractivity contribution in [2.75, 3.05) is 14.2 Å². The molecule has 0 saturated heterocycles. The molecule has 0 amide bonds. The maximum absolute atomic E-state index is 13.8. The largest absolute Gasteiger partial charge is 0.493 e. The van der Waals surface area contributed by atoms with Gasteiger partial charge in [-0.3, -0.25) is 9.36 Å². The molecule has 1 atom stereocenters. The minimum absolute atomic E-state index is 0.0961. The summed E-state index contributed by atoms with van der Waals surface area (Å²) in [4.78, 5) is 32.0. The number of halogens is 1. The maximum atomic E-state index is 13.8. The Kier molecular flexibility index (Phi) is 7.80. The molecule has 9 heteroatoms. The number of aromatic nitrogens is 1. The van der Waals surface area contributed by atoms with Gasteiger partial charge in [-0.25, -0.2) is 9.79 Å². The topological polar surface area (TPSA) is 79.1 Å². The van der Waals surface area contributed by atoms with E-state index in [1.54, 1.807) is 17.8 Å². The number of rotatable bonds is 7. The number of allylic oxidation sites excluding steroid dienone is 1. The van der Waals surface area contributed by atoms with Gasteiger partial charge in [0.15, 0.2) is 16.3 Å². The second-order valence-electron chi connectivity index (χ2n) is 8.39. The highest BCUT2D eigenvalue weighted by molar-refractivity contribution is 9.10. The summed E-state index contributed by atoms with van der Waals surface area (Å²) in [7, 11) is 2.92. The third-order valence-electron chi connectivity index (χ3n) is 5.67. The van der Waals surface area contributed by atoms with Crippen molar-refractivity contribution in [1.82, 2.24) is 4.57 Å². The molecule has 0 bridgehead atoms. The van der Waals surface area contributed by atoms with Gasteiger partial charge in [0.25, 0.3) is 5.56 Å². The SMILES string of the molecule is CCC1=C(C(=O)OC)[C@@H](c2ccccc2)n2c(s/c(=C/c3cc(Br)cc(OC)c3OC(C)C)c2=O)=N1. The number of benzene rings is 2. The van der Waals surface area contributed by atoms with E-state index < -0.39 is 12.0 Å². The van der Waals surface area contributed by atoms with Gasteiger partial charge in [0.2, 0.25) is 0 Å². The minimum atomic E-state index is -0.643. The van der Waals surface area contributed by atoms with Crippen LogP contribution in [0.2, 0.25) is 0 Å². The van der Waals surface area contributed by atoms with Crippen LogP contribution in [0.3, 0.4) is 0 Å². The molecule has 4 rings (SSSR count). The van der Waals surface area contributed by atoms with Crippen LogP contribution >= 0.6 is 27.3 Å². The molecule has 1 aliphatic rings. The zero-order valence-electron chi connectivity index (χ0n) is 20.7. The van der Waals surface area contributed by atoms with E-state index in [-0.39, 0.29) is 11.7 Å². The molecular weight excluding hydrogens is 544 g/mol. The van der Waals surface area contributed by atoms with Crippen LogP contribution in [0.25, 0.3) is 6.08 Å². The third kappa shape index (κ3) is 4.90. The number of esters is 1. The van der Waals surface area contributed by atoms with Crippen LogP contribution in [0, 0.1) is 0 Å². The average molecular weight is 571 g/mol. The third-order valence-corrected chi connectivity index (χ3v) is 7.11. The number of carbonyl (C=O) groups excluding carboxylic acids is 1. The summed E-state index contributed by atoms with van der Waals surface area (Å²) in [6, 6.07) is 12.5. The van der Waals surface area contributed by atoms with E-state index >= 15 is 0 Å². The van der Waals surface area contributed by atoms with Crippen molar-refractivity contribution in [1.29, 1.82) is 0 Å². The number of thiazole rings is 1. The highest BCUT2D eigenvalue weighted by atomic mass is 79.9. The van der Waals surface area contributed by atoms with Crippen LogP contribution in [0.5, 0.6) is 11.5 Å². The van der Waals surface area contributed by atoms with Crippen LogP contribution < -0.4 is 24.4 Å². The quantitative estimate of drug-likeness (QED) is 0.394. The van der Waals surface area contributed by atoms with Crippen molar-refractivity contribution >= 4 is 39.3 Å². The zero-order chi connectivity index (χ0) is 26.0. The number of fused-ring (bicyclic) bond motifs is 1. The van der Waals surface area contributed by atoms with Gasteiger partial charge < -0.3 is 14.2 Å². The number of hydrogen-bond acceptors (Lipinski definition) is 7. The highest BCUT2D eigenvalue weighted by Gasteiger charge is 2.33. The Hall–Kier alpha value is -3.17. The molecule has 0 fully saturated rings. The Morgan fingerprint density at radius 2 is 1.94 bits per heavy atom. The average Bonchev–Trinajstić information content (AvgIpc) is 3.18. The Bertz CT molecular complexity index is 1510. The van der Waals surface area contributed by atoms with E-state index in [0.717, 1.165) is 10.0 Å². The standard InChI is InChI=1S/C27H27BrN2O5S/c1-6-19-22(26(32)34-5)23(16-10-8-7-9-11-16)30-25(31)21(36-27(30)29-19)13-17-12-18(28)14-20(33-4)24(17)35-15(2)3/h7-15,23H,6H2,1-5H3/b21-13+/t23-/m1/s1. The summed E-state index contributed by atoms with van der Waals surface area (Å²) in [5.41, 5.74) is 2.23. The zero-order valence-corrected chi connectivity index (χ0v) is 23.1. The predicted octanol–water partition coefficient (Wildman–Crippen LogP) is 4.36. The maximum Gasteiger partial charge on any atom is 0.338 e. The summed E-state index contributed by atoms with van der Waals surface area (Å²) in [5.74, 6) is 0.606. The lowest BCUT2D eigenvalue weighted by molar-refractivity contribution is -0.136. The van der Waals surface area contributed by atoms with Gasteiger partial charge in [0, 0.05) is 10.0 Å². The Morgan fingerprint density at radius 3 is 2.56 bits per heavy atom. The summed E-state index contributed by atoms with van der Waals surface area (Å²) in [5, 5.41) is 0. The van der Waals surface area contributed by atoms with Gasteiger partial charge in [-0.15, -0.1) is 0 Å². The number of nitrogens with zero attached hydrogens (tertiary/aromatic N) is 2. The van der Waals surface area contributed by atoms with Gasteiger partial charge in [0.1, 0.15) is 0 Å². The van der Waals surface area contributed by atoms with Crippen molar-refractivity contribution in [3.8, 4) is 11.5 Å². The first-order chi connectivity index (χ1) is 17.3. The van der Waals surface area contributed by atoms with Crippen LogP contribution in [0.1, 0.15) is 44.4 Å². The first-order valence-electron chi connectivity index (χ1n) is 11.5. The monoisotopic (exact) mass is 570 g/mol. The molecule has 0 radical (unpaired) electrons. The lowest BCUT2D eigenvalue weighted by Crippen LogP contribution is -2.40. The van der Waals surface area contributed by atoms with E-state index in [2.05, 4.69) is 15.9 Å². The molecule has 7 nitrogen and oxygen atoms in total. The van der Waals surface area contributed by atoms with Gasteiger partial charge >= 0.3 is 5.97 Å². The molecule has 3 aromatic rings. The number of carbonyl (C=O) groups is 1. The van der Waals surface area contributed by atoms with Crippen molar-refractivity contribution in [2.45, 2.75) is 39.3 Å². The fourth-order valence-corrected chi connectivity index (χ4v) is 5.63. The van der Waals surface area contributed by atoms with Gasteiger partial charge in [-0.2, -0.15) is 0 Å². The highest BCUT2D eigenvalue weighted by Crippen LogP contribution is 2.36. The molecular formula is C27H27BrN2O5S. The molecule has 2 aromatic carbocycles. The van der Waals surface area contributed by atoms with E-state index in [1.807, 2.05) is 63.2 Å². The molecule has 36 heavy (non-hydrogen) atoms. The molecule has 1 aliphatic heterocycles. The normalized spacial score (nSPS) is 15.5. The second-order valence-corrected chi connectivity index (χ2v) is 10.3. The van der Waals surface area contributed by atoms with Crippen LogP contribution in [0.4, 0.5) is 0 Å². The van der Waals surface area contributed by atoms with Crippen LogP contribution in [-0.4, -0.2) is 30.9 Å². The molecule has 0 unspecified atom stereocenters. The molecule has 0 N–H and O–H groups in total. The molecule has 0 spiro atoms. The van der Waals surface area contributed by atoms with E-state index in [0.29, 0.717) is 44.1 Å². The lowest BCUT2D eigenvalue weighted by atomic mass is 9.95. The number of ether oxygens (including phenoxy) is 3. The predicted molar refractivity (Wildman–Crippen MR) is 143 cm³/mol. The van der Waals surface area contributed by atoms with E-state index in [1.165, 1.54) is 18.4 Å². The minimum Gasteiger partial charge on any atom is -0.493 e. The molecule has 188 valence electrons. The molecule has 0 saturated carbocycles. The first kappa shape index (κ1) is 25.9. The van der Waals surface area contributed by atoms with Crippen molar-refractivity contribution in [3.05, 3.63) is 89.0 Å². The summed E-state index contributed by atoms with van der Waals surface area (Å²) in [6.45, 7) is 5.79. The fraction of sp³-hybridized carbons (Fsp3) is 0.296.